The molecule has 0 radical (unpaired) electrons. The van der Waals surface area contributed by atoms with E-state index in [0.717, 1.165) is 25.3 Å². The molecule has 1 heterocycles. The molecular formula is C15H10BrNO2S. The molecule has 0 atom stereocenters. The molecule has 3 rings (SSSR count). The molecule has 1 aromatic heterocycles. The Balaban J connectivity index is 2.09. The highest BCUT2D eigenvalue weighted by molar-refractivity contribution is 9.10. The largest absolute Gasteiger partial charge is 0.465 e. The molecule has 0 saturated heterocycles. The third-order valence-corrected chi connectivity index (χ3v) is 4.44. The van der Waals surface area contributed by atoms with Crippen LogP contribution in [0.2, 0.25) is 0 Å². The van der Waals surface area contributed by atoms with Crippen LogP contribution in [0.4, 0.5) is 0 Å². The fourth-order valence-corrected chi connectivity index (χ4v) is 3.31. The molecule has 0 aliphatic carbocycles. The first kappa shape index (κ1) is 13.3. The predicted molar refractivity (Wildman–Crippen MR) is 84.1 cm³/mol. The summed E-state index contributed by atoms with van der Waals surface area (Å²) < 4.78 is 6.72. The lowest BCUT2D eigenvalue weighted by atomic mass is 10.2. The van der Waals surface area contributed by atoms with Gasteiger partial charge in [-0.1, -0.05) is 28.1 Å². The third-order valence-electron chi connectivity index (χ3n) is 2.88. The first-order valence-electron chi connectivity index (χ1n) is 5.92. The second-order valence-corrected chi connectivity index (χ2v) is 6.15. The average Bonchev–Trinajstić information content (AvgIpc) is 2.89. The van der Waals surface area contributed by atoms with Crippen molar-refractivity contribution in [1.29, 1.82) is 0 Å². The lowest BCUT2D eigenvalue weighted by molar-refractivity contribution is 0.0601. The number of aromatic nitrogens is 1. The minimum absolute atomic E-state index is 0.329. The van der Waals surface area contributed by atoms with Crippen LogP contribution in [0.1, 0.15) is 10.4 Å². The highest BCUT2D eigenvalue weighted by atomic mass is 79.9. The zero-order valence-electron chi connectivity index (χ0n) is 10.6. The van der Waals surface area contributed by atoms with E-state index >= 15 is 0 Å². The van der Waals surface area contributed by atoms with Gasteiger partial charge in [0.25, 0.3) is 0 Å². The molecule has 3 nitrogen and oxygen atoms in total. The van der Waals surface area contributed by atoms with Gasteiger partial charge in [-0.25, -0.2) is 9.78 Å². The van der Waals surface area contributed by atoms with Crippen LogP contribution in [0.25, 0.3) is 20.8 Å². The number of ether oxygens (including phenoxy) is 1. The van der Waals surface area contributed by atoms with Crippen LogP contribution in [0.15, 0.2) is 46.9 Å². The summed E-state index contributed by atoms with van der Waals surface area (Å²) in [7, 11) is 1.38. The van der Waals surface area contributed by atoms with Crippen LogP contribution in [0.3, 0.4) is 0 Å². The molecule has 0 saturated carbocycles. The SMILES string of the molecule is COC(=O)c1ccc2nc(-c3cccc(Br)c3)sc2c1. The molecule has 100 valence electrons. The van der Waals surface area contributed by atoms with Crippen LogP contribution >= 0.6 is 27.3 Å². The molecule has 0 spiro atoms. The predicted octanol–water partition coefficient (Wildman–Crippen LogP) is 4.51. The van der Waals surface area contributed by atoms with Gasteiger partial charge >= 0.3 is 5.97 Å². The summed E-state index contributed by atoms with van der Waals surface area (Å²) in [5, 5.41) is 0.934. The maximum absolute atomic E-state index is 11.5. The van der Waals surface area contributed by atoms with E-state index in [0.29, 0.717) is 5.56 Å². The van der Waals surface area contributed by atoms with Gasteiger partial charge in [0, 0.05) is 10.0 Å². The minimum Gasteiger partial charge on any atom is -0.465 e. The molecular weight excluding hydrogens is 338 g/mol. The molecule has 0 fully saturated rings. The van der Waals surface area contributed by atoms with Gasteiger partial charge in [-0.15, -0.1) is 11.3 Å². The summed E-state index contributed by atoms with van der Waals surface area (Å²) in [6.45, 7) is 0. The third kappa shape index (κ3) is 2.46. The second-order valence-electron chi connectivity index (χ2n) is 4.20. The normalized spacial score (nSPS) is 10.7. The highest BCUT2D eigenvalue weighted by Gasteiger charge is 2.10. The van der Waals surface area contributed by atoms with Crippen LogP contribution in [-0.2, 0) is 4.74 Å². The summed E-state index contributed by atoms with van der Waals surface area (Å²) in [5.41, 5.74) is 2.49. The van der Waals surface area contributed by atoms with Crippen LogP contribution in [-0.4, -0.2) is 18.1 Å². The molecule has 2 aromatic carbocycles. The number of carbonyl (C=O) groups is 1. The van der Waals surface area contributed by atoms with Gasteiger partial charge in [0.05, 0.1) is 22.9 Å². The van der Waals surface area contributed by atoms with E-state index in [9.17, 15) is 4.79 Å². The fourth-order valence-electron chi connectivity index (χ4n) is 1.91. The lowest BCUT2D eigenvalue weighted by Crippen LogP contribution is -1.99. The van der Waals surface area contributed by atoms with Crippen LogP contribution < -0.4 is 0 Å². The topological polar surface area (TPSA) is 39.2 Å². The van der Waals surface area contributed by atoms with Crippen molar-refractivity contribution in [2.24, 2.45) is 0 Å². The molecule has 0 N–H and O–H groups in total. The first-order valence-corrected chi connectivity index (χ1v) is 7.53. The Morgan fingerprint density at radius 3 is 2.85 bits per heavy atom. The number of halogens is 1. The number of nitrogens with zero attached hydrogens (tertiary/aromatic N) is 1. The average molecular weight is 348 g/mol. The molecule has 0 bridgehead atoms. The standard InChI is InChI=1S/C15H10BrNO2S/c1-19-15(18)10-5-6-12-13(8-10)20-14(17-12)9-3-2-4-11(16)7-9/h2-8H,1H3. The molecule has 0 amide bonds. The molecule has 0 aliphatic heterocycles. The van der Waals surface area contributed by atoms with E-state index < -0.39 is 0 Å². The summed E-state index contributed by atoms with van der Waals surface area (Å²) in [6, 6.07) is 13.4. The fraction of sp³-hybridized carbons (Fsp3) is 0.0667. The quantitative estimate of drug-likeness (QED) is 0.640. The molecule has 0 unspecified atom stereocenters. The van der Waals surface area contributed by atoms with Crippen LogP contribution in [0, 0.1) is 0 Å². The Hall–Kier alpha value is -1.72. The van der Waals surface area contributed by atoms with E-state index in [1.165, 1.54) is 7.11 Å². The maximum Gasteiger partial charge on any atom is 0.337 e. The van der Waals surface area contributed by atoms with Crippen molar-refractivity contribution >= 4 is 43.5 Å². The van der Waals surface area contributed by atoms with Crippen molar-refractivity contribution in [3.05, 3.63) is 52.5 Å². The van der Waals surface area contributed by atoms with Gasteiger partial charge in [-0.05, 0) is 30.3 Å². The Kier molecular flexibility index (Phi) is 3.54. The zero-order valence-corrected chi connectivity index (χ0v) is 13.0. The van der Waals surface area contributed by atoms with Crippen LogP contribution in [0.5, 0.6) is 0 Å². The van der Waals surface area contributed by atoms with E-state index in [-0.39, 0.29) is 5.97 Å². The summed E-state index contributed by atoms with van der Waals surface area (Å²) in [4.78, 5) is 16.1. The first-order chi connectivity index (χ1) is 9.67. The number of rotatable bonds is 2. The van der Waals surface area contributed by atoms with Gasteiger partial charge < -0.3 is 4.74 Å². The molecule has 0 aliphatic rings. The van der Waals surface area contributed by atoms with E-state index in [1.54, 1.807) is 17.4 Å². The van der Waals surface area contributed by atoms with Crippen molar-refractivity contribution in [3.8, 4) is 10.6 Å². The van der Waals surface area contributed by atoms with Gasteiger partial charge in [-0.2, -0.15) is 0 Å². The number of hydrogen-bond donors (Lipinski definition) is 0. The number of hydrogen-bond acceptors (Lipinski definition) is 4. The summed E-state index contributed by atoms with van der Waals surface area (Å²) in [5.74, 6) is -0.329. The van der Waals surface area contributed by atoms with Crippen molar-refractivity contribution < 1.29 is 9.53 Å². The van der Waals surface area contributed by atoms with Gasteiger partial charge in [0.1, 0.15) is 5.01 Å². The van der Waals surface area contributed by atoms with Crippen molar-refractivity contribution in [1.82, 2.24) is 4.98 Å². The second kappa shape index (κ2) is 5.34. The van der Waals surface area contributed by atoms with Crippen molar-refractivity contribution in [3.63, 3.8) is 0 Å². The van der Waals surface area contributed by atoms with E-state index in [4.69, 9.17) is 4.74 Å². The molecule has 5 heteroatoms. The number of benzene rings is 2. The van der Waals surface area contributed by atoms with Gasteiger partial charge in [0.2, 0.25) is 0 Å². The Labute approximate surface area is 128 Å². The maximum atomic E-state index is 11.5. The van der Waals surface area contributed by atoms with Gasteiger partial charge in [0.15, 0.2) is 0 Å². The van der Waals surface area contributed by atoms with Crippen molar-refractivity contribution in [2.45, 2.75) is 0 Å². The Morgan fingerprint density at radius 1 is 1.25 bits per heavy atom. The molecule has 20 heavy (non-hydrogen) atoms. The number of esters is 1. The Bertz CT molecular complexity index is 797. The number of thiazole rings is 1. The smallest absolute Gasteiger partial charge is 0.337 e. The van der Waals surface area contributed by atoms with Crippen molar-refractivity contribution in [2.75, 3.05) is 7.11 Å². The van der Waals surface area contributed by atoms with Gasteiger partial charge in [-0.3, -0.25) is 0 Å². The monoisotopic (exact) mass is 347 g/mol. The van der Waals surface area contributed by atoms with E-state index in [2.05, 4.69) is 20.9 Å². The zero-order chi connectivity index (χ0) is 14.1. The highest BCUT2D eigenvalue weighted by Crippen LogP contribution is 2.31. The Morgan fingerprint density at radius 2 is 2.10 bits per heavy atom. The minimum atomic E-state index is -0.329. The molecule has 3 aromatic rings. The number of carbonyl (C=O) groups excluding carboxylic acids is 1. The summed E-state index contributed by atoms with van der Waals surface area (Å²) >= 11 is 5.02. The number of methoxy groups -OCH3 is 1. The lowest BCUT2D eigenvalue weighted by Gasteiger charge is -1.97. The number of fused-ring (bicyclic) bond motifs is 1. The summed E-state index contributed by atoms with van der Waals surface area (Å²) in [6.07, 6.45) is 0. The van der Waals surface area contributed by atoms with E-state index in [1.807, 2.05) is 36.4 Å².